The lowest BCUT2D eigenvalue weighted by molar-refractivity contribution is -0.140. The number of benzene rings is 3. The summed E-state index contributed by atoms with van der Waals surface area (Å²) < 4.78 is 5.81. The second-order valence-corrected chi connectivity index (χ2v) is 10.3. The molecule has 1 aliphatic rings. The zero-order valence-corrected chi connectivity index (χ0v) is 21.8. The van der Waals surface area contributed by atoms with Crippen LogP contribution in [0.4, 0.5) is 0 Å². The van der Waals surface area contributed by atoms with Crippen molar-refractivity contribution in [2.45, 2.75) is 51.5 Å². The van der Waals surface area contributed by atoms with E-state index in [9.17, 15) is 9.90 Å². The number of aryl methyl sites for hydroxylation is 1. The van der Waals surface area contributed by atoms with Crippen LogP contribution in [-0.2, 0) is 16.8 Å². The van der Waals surface area contributed by atoms with E-state index in [0.29, 0.717) is 5.92 Å². The van der Waals surface area contributed by atoms with Gasteiger partial charge >= 0.3 is 5.97 Å². The van der Waals surface area contributed by atoms with E-state index in [1.807, 2.05) is 31.2 Å². The fourth-order valence-electron chi connectivity index (χ4n) is 5.15. The molecule has 37 heavy (non-hydrogen) atoms. The number of hydrogen-bond donors (Lipinski definition) is 1. The summed E-state index contributed by atoms with van der Waals surface area (Å²) in [5, 5.41) is 13.9. The third-order valence-corrected chi connectivity index (χ3v) is 7.79. The average molecular weight is 495 g/mol. The van der Waals surface area contributed by atoms with E-state index in [1.54, 1.807) is 0 Å². The molecule has 190 valence electrons. The molecule has 4 aromatic rings. The molecule has 1 saturated carbocycles. The largest absolute Gasteiger partial charge is 0.481 e. The Morgan fingerprint density at radius 1 is 0.973 bits per heavy atom. The van der Waals surface area contributed by atoms with Gasteiger partial charge in [0.1, 0.15) is 0 Å². The first-order valence-corrected chi connectivity index (χ1v) is 13.1. The molecule has 1 N–H and O–H groups in total. The van der Waals surface area contributed by atoms with E-state index in [0.717, 1.165) is 71.7 Å². The predicted molar refractivity (Wildman–Crippen MR) is 146 cm³/mol. The average Bonchev–Trinajstić information content (AvgIpc) is 3.68. The number of rotatable bonds is 10. The normalized spacial score (nSPS) is 15.0. The molecule has 5 rings (SSSR count). The number of carboxylic acids is 1. The van der Waals surface area contributed by atoms with Crippen LogP contribution >= 0.6 is 0 Å². The third kappa shape index (κ3) is 5.09. The van der Waals surface area contributed by atoms with Gasteiger partial charge in [0.2, 0.25) is 0 Å². The van der Waals surface area contributed by atoms with Crippen LogP contribution < -0.4 is 0 Å². The molecule has 1 fully saturated rings. The highest BCUT2D eigenvalue weighted by Crippen LogP contribution is 2.48. The van der Waals surface area contributed by atoms with Gasteiger partial charge in [0.05, 0.1) is 11.1 Å². The lowest BCUT2D eigenvalue weighted by Crippen LogP contribution is -2.27. The summed E-state index contributed by atoms with van der Waals surface area (Å²) in [6.45, 7) is 9.17. The van der Waals surface area contributed by atoms with Crippen molar-refractivity contribution in [1.82, 2.24) is 10.1 Å². The number of hydrogen-bond acceptors (Lipinski definition) is 4. The smallest absolute Gasteiger partial charge is 0.314 e. The Morgan fingerprint density at radius 2 is 1.57 bits per heavy atom. The molecule has 0 amide bonds. The van der Waals surface area contributed by atoms with Crippen molar-refractivity contribution in [1.29, 1.82) is 0 Å². The Kier molecular flexibility index (Phi) is 6.98. The molecule has 0 aliphatic heterocycles. The van der Waals surface area contributed by atoms with Crippen molar-refractivity contribution in [3.63, 3.8) is 0 Å². The van der Waals surface area contributed by atoms with E-state index >= 15 is 0 Å². The fourth-order valence-corrected chi connectivity index (χ4v) is 5.15. The first kappa shape index (κ1) is 25.0. The second-order valence-electron chi connectivity index (χ2n) is 10.3. The Morgan fingerprint density at radius 3 is 2.14 bits per heavy atom. The SMILES string of the molecule is CCN(Cc1c(C)noc1-c1ccc(-c2ccc(C3(C(=O)O)CC3)cc2)cc1)CC(C)c1ccccc1. The molecule has 3 aromatic carbocycles. The molecule has 0 radical (unpaired) electrons. The first-order chi connectivity index (χ1) is 17.9. The molecule has 1 atom stereocenters. The molecule has 0 saturated heterocycles. The summed E-state index contributed by atoms with van der Waals surface area (Å²) in [4.78, 5) is 14.1. The van der Waals surface area contributed by atoms with Crippen molar-refractivity contribution >= 4 is 5.97 Å². The standard InChI is InChI=1S/C32H34N2O3/c1-4-34(20-22(2)24-8-6-5-7-9-24)21-29-23(3)33-37-30(29)27-12-10-25(11-13-27)26-14-16-28(17-15-26)32(18-19-32)31(35)36/h5-17,22H,4,18-21H2,1-3H3,(H,35,36). The number of carboxylic acid groups (broad SMARTS) is 1. The van der Waals surface area contributed by atoms with Gasteiger partial charge in [0.15, 0.2) is 5.76 Å². The van der Waals surface area contributed by atoms with Crippen LogP contribution in [0.5, 0.6) is 0 Å². The van der Waals surface area contributed by atoms with E-state index < -0.39 is 11.4 Å². The van der Waals surface area contributed by atoms with Crippen molar-refractivity contribution < 1.29 is 14.4 Å². The van der Waals surface area contributed by atoms with Crippen LogP contribution in [0.15, 0.2) is 83.4 Å². The fraction of sp³-hybridized carbons (Fsp3) is 0.312. The maximum Gasteiger partial charge on any atom is 0.314 e. The molecule has 5 heteroatoms. The zero-order valence-electron chi connectivity index (χ0n) is 21.8. The van der Waals surface area contributed by atoms with Crippen molar-refractivity contribution in [2.75, 3.05) is 13.1 Å². The molecule has 1 aromatic heterocycles. The maximum atomic E-state index is 11.6. The zero-order chi connectivity index (χ0) is 26.0. The van der Waals surface area contributed by atoms with E-state index in [1.165, 1.54) is 5.56 Å². The van der Waals surface area contributed by atoms with Gasteiger partial charge in [-0.15, -0.1) is 0 Å². The summed E-state index contributed by atoms with van der Waals surface area (Å²) in [5.74, 6) is 0.530. The molecule has 0 bridgehead atoms. The minimum atomic E-state index is -0.723. The summed E-state index contributed by atoms with van der Waals surface area (Å²) in [7, 11) is 0. The molecular formula is C32H34N2O3. The van der Waals surface area contributed by atoms with Gasteiger partial charge in [0, 0.05) is 24.2 Å². The number of aliphatic carboxylic acids is 1. The Balaban J connectivity index is 1.32. The molecule has 0 spiro atoms. The van der Waals surface area contributed by atoms with Gasteiger partial charge in [0.25, 0.3) is 0 Å². The van der Waals surface area contributed by atoms with Gasteiger partial charge in [-0.05, 0) is 54.5 Å². The topological polar surface area (TPSA) is 66.6 Å². The minimum absolute atomic E-state index is 0.431. The Labute approximate surface area is 218 Å². The Hall–Kier alpha value is -3.70. The minimum Gasteiger partial charge on any atom is -0.481 e. The van der Waals surface area contributed by atoms with Gasteiger partial charge in [-0.2, -0.15) is 0 Å². The summed E-state index contributed by atoms with van der Waals surface area (Å²) in [5.41, 5.74) is 6.78. The van der Waals surface area contributed by atoms with Gasteiger partial charge in [-0.1, -0.05) is 97.9 Å². The highest BCUT2D eigenvalue weighted by molar-refractivity contribution is 5.85. The maximum absolute atomic E-state index is 11.6. The predicted octanol–water partition coefficient (Wildman–Crippen LogP) is 7.06. The lowest BCUT2D eigenvalue weighted by Gasteiger charge is -2.24. The highest BCUT2D eigenvalue weighted by atomic mass is 16.5. The summed E-state index contributed by atoms with van der Waals surface area (Å²) in [6, 6.07) is 26.9. The van der Waals surface area contributed by atoms with E-state index in [-0.39, 0.29) is 0 Å². The molecule has 1 heterocycles. The van der Waals surface area contributed by atoms with Gasteiger partial charge in [-0.25, -0.2) is 0 Å². The quantitative estimate of drug-likeness (QED) is 0.256. The van der Waals surface area contributed by atoms with Crippen LogP contribution in [-0.4, -0.2) is 34.2 Å². The number of nitrogens with zero attached hydrogens (tertiary/aromatic N) is 2. The summed E-state index contributed by atoms with van der Waals surface area (Å²) in [6.07, 6.45) is 1.44. The molecular weight excluding hydrogens is 460 g/mol. The van der Waals surface area contributed by atoms with Gasteiger partial charge < -0.3 is 9.63 Å². The van der Waals surface area contributed by atoms with Crippen LogP contribution in [0.1, 0.15) is 55.0 Å². The number of likely N-dealkylation sites (N-methyl/N-ethyl adjacent to an activating group) is 1. The summed E-state index contributed by atoms with van der Waals surface area (Å²) >= 11 is 0. The highest BCUT2D eigenvalue weighted by Gasteiger charge is 2.51. The van der Waals surface area contributed by atoms with Crippen molar-refractivity contribution in [2.24, 2.45) is 0 Å². The van der Waals surface area contributed by atoms with Crippen LogP contribution in [0.3, 0.4) is 0 Å². The second kappa shape index (κ2) is 10.3. The van der Waals surface area contributed by atoms with E-state index in [2.05, 4.69) is 78.5 Å². The van der Waals surface area contributed by atoms with Crippen molar-refractivity contribution in [3.8, 4) is 22.5 Å². The monoisotopic (exact) mass is 494 g/mol. The first-order valence-electron chi connectivity index (χ1n) is 13.1. The van der Waals surface area contributed by atoms with E-state index in [4.69, 9.17) is 4.52 Å². The molecule has 1 aliphatic carbocycles. The Bertz CT molecular complexity index is 1350. The number of carbonyl (C=O) groups is 1. The van der Waals surface area contributed by atoms with Crippen molar-refractivity contribution in [3.05, 3.63) is 101 Å². The van der Waals surface area contributed by atoms with Crippen LogP contribution in [0.2, 0.25) is 0 Å². The number of aromatic nitrogens is 1. The van der Waals surface area contributed by atoms with Gasteiger partial charge in [-0.3, -0.25) is 9.69 Å². The molecule has 5 nitrogen and oxygen atoms in total. The molecule has 1 unspecified atom stereocenters. The lowest BCUT2D eigenvalue weighted by atomic mass is 9.93. The van der Waals surface area contributed by atoms with Crippen LogP contribution in [0, 0.1) is 6.92 Å². The van der Waals surface area contributed by atoms with Crippen LogP contribution in [0.25, 0.3) is 22.5 Å². The third-order valence-electron chi connectivity index (χ3n) is 7.79.